The number of anilines is 1. The summed E-state index contributed by atoms with van der Waals surface area (Å²) in [6.45, 7) is 0. The predicted octanol–water partition coefficient (Wildman–Crippen LogP) is 2.66. The average Bonchev–Trinajstić information content (AvgIpc) is 2.20. The van der Waals surface area contributed by atoms with Crippen molar-refractivity contribution in [2.24, 2.45) is 0 Å². The van der Waals surface area contributed by atoms with E-state index in [0.29, 0.717) is 0 Å². The molecule has 0 aliphatic heterocycles. The van der Waals surface area contributed by atoms with Crippen LogP contribution in [0.5, 0.6) is 0 Å². The fraction of sp³-hybridized carbons (Fsp3) is 0. The maximum atomic E-state index is 13.4. The van der Waals surface area contributed by atoms with Crippen molar-refractivity contribution in [3.05, 3.63) is 41.1 Å². The first-order chi connectivity index (χ1) is 7.56. The lowest BCUT2D eigenvalue weighted by atomic mass is 10.1. The third-order valence-electron chi connectivity index (χ3n) is 1.90. The third kappa shape index (κ3) is 2.09. The summed E-state index contributed by atoms with van der Waals surface area (Å²) in [5.41, 5.74) is 5.47. The molecule has 0 fully saturated rings. The Hall–Kier alpha value is -1.75. The molecule has 0 aliphatic rings. The molecule has 6 heteroatoms. The number of hydrogen-bond acceptors (Lipinski definition) is 3. The molecule has 0 saturated heterocycles. The van der Waals surface area contributed by atoms with Crippen LogP contribution < -0.4 is 5.73 Å². The van der Waals surface area contributed by atoms with Gasteiger partial charge in [0.15, 0.2) is 5.82 Å². The largest absolute Gasteiger partial charge is 0.368 e. The van der Waals surface area contributed by atoms with E-state index in [9.17, 15) is 8.78 Å². The molecule has 2 rings (SSSR count). The fourth-order valence-electron chi connectivity index (χ4n) is 1.27. The molecule has 2 aromatic rings. The Morgan fingerprint density at radius 3 is 2.62 bits per heavy atom. The van der Waals surface area contributed by atoms with Gasteiger partial charge in [-0.15, -0.1) is 0 Å². The maximum Gasteiger partial charge on any atom is 0.220 e. The van der Waals surface area contributed by atoms with E-state index in [-0.39, 0.29) is 22.2 Å². The quantitative estimate of drug-likeness (QED) is 0.835. The van der Waals surface area contributed by atoms with Crippen molar-refractivity contribution in [2.45, 2.75) is 0 Å². The van der Waals surface area contributed by atoms with Crippen LogP contribution in [0.4, 0.5) is 14.7 Å². The monoisotopic (exact) mass is 241 g/mol. The first kappa shape index (κ1) is 10.8. The normalized spacial score (nSPS) is 10.4. The molecule has 1 aromatic carbocycles. The van der Waals surface area contributed by atoms with Crippen LogP contribution >= 0.6 is 11.6 Å². The van der Waals surface area contributed by atoms with Crippen molar-refractivity contribution in [3.63, 3.8) is 0 Å². The van der Waals surface area contributed by atoms with Gasteiger partial charge < -0.3 is 5.73 Å². The molecule has 16 heavy (non-hydrogen) atoms. The van der Waals surface area contributed by atoms with Crippen molar-refractivity contribution in [3.8, 4) is 11.3 Å². The molecule has 0 atom stereocenters. The highest BCUT2D eigenvalue weighted by molar-refractivity contribution is 6.30. The van der Waals surface area contributed by atoms with Crippen LogP contribution in [0.1, 0.15) is 0 Å². The van der Waals surface area contributed by atoms with Gasteiger partial charge in [-0.1, -0.05) is 11.6 Å². The molecule has 0 spiro atoms. The summed E-state index contributed by atoms with van der Waals surface area (Å²) >= 11 is 5.66. The second-order valence-electron chi connectivity index (χ2n) is 3.08. The van der Waals surface area contributed by atoms with E-state index in [0.717, 1.165) is 18.3 Å². The second-order valence-corrected chi connectivity index (χ2v) is 3.52. The number of nitrogen functional groups attached to an aromatic ring is 1. The molecular formula is C10H6ClF2N3. The van der Waals surface area contributed by atoms with E-state index < -0.39 is 11.6 Å². The lowest BCUT2D eigenvalue weighted by molar-refractivity contribution is 0.616. The highest BCUT2D eigenvalue weighted by Crippen LogP contribution is 2.25. The smallest absolute Gasteiger partial charge is 0.220 e. The third-order valence-corrected chi connectivity index (χ3v) is 2.12. The van der Waals surface area contributed by atoms with Gasteiger partial charge in [0.05, 0.1) is 6.20 Å². The Bertz CT molecular complexity index is 525. The lowest BCUT2D eigenvalue weighted by Gasteiger charge is -2.03. The Kier molecular flexibility index (Phi) is 2.70. The predicted molar refractivity (Wildman–Crippen MR) is 56.8 cm³/mol. The van der Waals surface area contributed by atoms with Crippen LogP contribution in [-0.4, -0.2) is 9.97 Å². The highest BCUT2D eigenvalue weighted by atomic mass is 35.5. The average molecular weight is 242 g/mol. The summed E-state index contributed by atoms with van der Waals surface area (Å²) in [7, 11) is 0. The van der Waals surface area contributed by atoms with E-state index >= 15 is 0 Å². The summed E-state index contributed by atoms with van der Waals surface area (Å²) < 4.78 is 26.4. The second kappa shape index (κ2) is 4.02. The molecule has 0 bridgehead atoms. The van der Waals surface area contributed by atoms with Crippen LogP contribution in [0.15, 0.2) is 24.4 Å². The van der Waals surface area contributed by atoms with Crippen molar-refractivity contribution >= 4 is 17.5 Å². The van der Waals surface area contributed by atoms with Crippen molar-refractivity contribution in [2.75, 3.05) is 5.73 Å². The molecule has 82 valence electrons. The van der Waals surface area contributed by atoms with E-state index in [1.54, 1.807) is 0 Å². The Morgan fingerprint density at radius 2 is 1.94 bits per heavy atom. The first-order valence-corrected chi connectivity index (χ1v) is 4.68. The van der Waals surface area contributed by atoms with Gasteiger partial charge in [-0.2, -0.15) is 0 Å². The Balaban J connectivity index is 2.62. The summed E-state index contributed by atoms with van der Waals surface area (Å²) in [5.74, 6) is -1.34. The SMILES string of the molecule is Nc1ncc(F)c(-c2cc(F)cc(Cl)c2)n1. The van der Waals surface area contributed by atoms with Crippen molar-refractivity contribution < 1.29 is 8.78 Å². The molecular weight excluding hydrogens is 236 g/mol. The van der Waals surface area contributed by atoms with Gasteiger partial charge in [0.2, 0.25) is 5.95 Å². The summed E-state index contributed by atoms with van der Waals surface area (Å²) in [6, 6.07) is 3.64. The van der Waals surface area contributed by atoms with Gasteiger partial charge in [0, 0.05) is 10.6 Å². The molecule has 0 unspecified atom stereocenters. The number of aromatic nitrogens is 2. The van der Waals surface area contributed by atoms with E-state index in [1.807, 2.05) is 0 Å². The van der Waals surface area contributed by atoms with Gasteiger partial charge in [0.25, 0.3) is 0 Å². The van der Waals surface area contributed by atoms with E-state index in [4.69, 9.17) is 17.3 Å². The summed E-state index contributed by atoms with van der Waals surface area (Å²) in [4.78, 5) is 7.17. The van der Waals surface area contributed by atoms with Crippen molar-refractivity contribution in [1.82, 2.24) is 9.97 Å². The van der Waals surface area contributed by atoms with Gasteiger partial charge in [-0.25, -0.2) is 18.7 Å². The Labute approximate surface area is 94.9 Å². The molecule has 1 heterocycles. The fourth-order valence-corrected chi connectivity index (χ4v) is 1.50. The van der Waals surface area contributed by atoms with E-state index in [1.165, 1.54) is 6.07 Å². The molecule has 1 aromatic heterocycles. The summed E-state index contributed by atoms with van der Waals surface area (Å²) in [6.07, 6.45) is 0.927. The minimum Gasteiger partial charge on any atom is -0.368 e. The molecule has 0 radical (unpaired) electrons. The standard InChI is InChI=1S/C10H6ClF2N3/c11-6-1-5(2-7(12)3-6)9-8(13)4-15-10(14)16-9/h1-4H,(H2,14,15,16). The molecule has 0 saturated carbocycles. The Morgan fingerprint density at radius 1 is 1.19 bits per heavy atom. The molecule has 0 amide bonds. The topological polar surface area (TPSA) is 51.8 Å². The number of nitrogens with zero attached hydrogens (tertiary/aromatic N) is 2. The summed E-state index contributed by atoms with van der Waals surface area (Å²) in [5, 5.41) is 0.159. The zero-order valence-corrected chi connectivity index (χ0v) is 8.67. The highest BCUT2D eigenvalue weighted by Gasteiger charge is 2.10. The van der Waals surface area contributed by atoms with Gasteiger partial charge in [0.1, 0.15) is 11.5 Å². The van der Waals surface area contributed by atoms with E-state index in [2.05, 4.69) is 9.97 Å². The van der Waals surface area contributed by atoms with Crippen molar-refractivity contribution in [1.29, 1.82) is 0 Å². The lowest BCUT2D eigenvalue weighted by Crippen LogP contribution is -1.99. The number of benzene rings is 1. The van der Waals surface area contributed by atoms with Crippen LogP contribution in [0.25, 0.3) is 11.3 Å². The maximum absolute atomic E-state index is 13.4. The van der Waals surface area contributed by atoms with Crippen LogP contribution in [-0.2, 0) is 0 Å². The number of halogens is 3. The van der Waals surface area contributed by atoms with Gasteiger partial charge in [-0.3, -0.25) is 0 Å². The zero-order chi connectivity index (χ0) is 11.7. The number of nitrogens with two attached hydrogens (primary N) is 1. The van der Waals surface area contributed by atoms with Crippen LogP contribution in [0.3, 0.4) is 0 Å². The molecule has 0 aliphatic carbocycles. The van der Waals surface area contributed by atoms with Crippen LogP contribution in [0.2, 0.25) is 5.02 Å². The van der Waals surface area contributed by atoms with Crippen LogP contribution in [0, 0.1) is 11.6 Å². The minimum absolute atomic E-state index is 0.0751. The van der Waals surface area contributed by atoms with Gasteiger partial charge in [-0.05, 0) is 18.2 Å². The number of hydrogen-bond donors (Lipinski definition) is 1. The van der Waals surface area contributed by atoms with Gasteiger partial charge >= 0.3 is 0 Å². The molecule has 3 nitrogen and oxygen atoms in total. The molecule has 2 N–H and O–H groups in total. The number of rotatable bonds is 1. The first-order valence-electron chi connectivity index (χ1n) is 4.31. The zero-order valence-electron chi connectivity index (χ0n) is 7.92. The minimum atomic E-state index is -0.684.